The standard InChI is InChI=1S/C15H21FN2O3/c1-19-14-9-20-10-15(14)21-11-2-3-13(12(16)8-11)18-6-4-17-5-7-18/h2-3,8,14-15,17H,4-7,9-10H2,1H3/t14?,15-/m0/s1. The van der Waals surface area contributed by atoms with Crippen LogP contribution in [0, 0.1) is 5.82 Å². The molecule has 0 aliphatic carbocycles. The molecule has 2 aliphatic rings. The molecule has 2 aliphatic heterocycles. The summed E-state index contributed by atoms with van der Waals surface area (Å²) in [6.45, 7) is 4.39. The number of piperazine rings is 1. The molecule has 2 fully saturated rings. The first kappa shape index (κ1) is 14.6. The van der Waals surface area contributed by atoms with Gasteiger partial charge in [0.25, 0.3) is 0 Å². The third kappa shape index (κ3) is 3.28. The van der Waals surface area contributed by atoms with Crippen LogP contribution in [-0.2, 0) is 9.47 Å². The molecule has 2 atom stereocenters. The molecule has 1 aromatic rings. The highest BCUT2D eigenvalue weighted by molar-refractivity contribution is 5.51. The summed E-state index contributed by atoms with van der Waals surface area (Å²) in [6, 6.07) is 5.04. The van der Waals surface area contributed by atoms with E-state index in [-0.39, 0.29) is 18.0 Å². The van der Waals surface area contributed by atoms with Crippen LogP contribution in [0.1, 0.15) is 0 Å². The molecule has 0 aromatic heterocycles. The molecule has 0 radical (unpaired) electrons. The van der Waals surface area contributed by atoms with E-state index in [2.05, 4.69) is 5.32 Å². The SMILES string of the molecule is COC1COC[C@@H]1Oc1ccc(N2CCNCC2)c(F)c1. The van der Waals surface area contributed by atoms with Gasteiger partial charge in [0.15, 0.2) is 6.10 Å². The molecule has 1 unspecified atom stereocenters. The summed E-state index contributed by atoms with van der Waals surface area (Å²) in [5.41, 5.74) is 0.634. The Hall–Kier alpha value is -1.37. The number of nitrogens with zero attached hydrogens (tertiary/aromatic N) is 1. The summed E-state index contributed by atoms with van der Waals surface area (Å²) in [5.74, 6) is 0.270. The van der Waals surface area contributed by atoms with Gasteiger partial charge in [0, 0.05) is 39.4 Å². The van der Waals surface area contributed by atoms with Crippen LogP contribution >= 0.6 is 0 Å². The summed E-state index contributed by atoms with van der Waals surface area (Å²) in [4.78, 5) is 2.05. The average molecular weight is 296 g/mol. The predicted octanol–water partition coefficient (Wildman–Crippen LogP) is 1.03. The van der Waals surface area contributed by atoms with Gasteiger partial charge in [0.1, 0.15) is 17.7 Å². The molecule has 0 spiro atoms. The summed E-state index contributed by atoms with van der Waals surface area (Å²) in [7, 11) is 1.63. The first-order valence-electron chi connectivity index (χ1n) is 7.30. The molecular weight excluding hydrogens is 275 g/mol. The van der Waals surface area contributed by atoms with Gasteiger partial charge in [0.2, 0.25) is 0 Å². The lowest BCUT2D eigenvalue weighted by atomic mass is 10.2. The minimum absolute atomic E-state index is 0.0964. The Morgan fingerprint density at radius 3 is 2.71 bits per heavy atom. The van der Waals surface area contributed by atoms with E-state index in [4.69, 9.17) is 14.2 Å². The van der Waals surface area contributed by atoms with Crippen molar-refractivity contribution < 1.29 is 18.6 Å². The zero-order valence-corrected chi connectivity index (χ0v) is 12.2. The first-order valence-corrected chi connectivity index (χ1v) is 7.30. The zero-order valence-electron chi connectivity index (χ0n) is 12.2. The Labute approximate surface area is 124 Å². The van der Waals surface area contributed by atoms with Gasteiger partial charge in [-0.2, -0.15) is 0 Å². The quantitative estimate of drug-likeness (QED) is 0.899. The van der Waals surface area contributed by atoms with Crippen molar-refractivity contribution in [3.63, 3.8) is 0 Å². The van der Waals surface area contributed by atoms with Crippen LogP contribution in [0.3, 0.4) is 0 Å². The average Bonchev–Trinajstić information content (AvgIpc) is 2.95. The van der Waals surface area contributed by atoms with Crippen molar-refractivity contribution in [1.29, 1.82) is 0 Å². The summed E-state index contributed by atoms with van der Waals surface area (Å²) in [5, 5.41) is 3.26. The van der Waals surface area contributed by atoms with Gasteiger partial charge in [-0.3, -0.25) is 0 Å². The minimum Gasteiger partial charge on any atom is -0.485 e. The molecule has 1 aromatic carbocycles. The van der Waals surface area contributed by atoms with Gasteiger partial charge in [-0.1, -0.05) is 0 Å². The van der Waals surface area contributed by atoms with E-state index in [1.54, 1.807) is 13.2 Å². The number of hydrogen-bond acceptors (Lipinski definition) is 5. The Morgan fingerprint density at radius 1 is 1.24 bits per heavy atom. The van der Waals surface area contributed by atoms with E-state index in [9.17, 15) is 4.39 Å². The first-order chi connectivity index (χ1) is 10.3. The van der Waals surface area contributed by atoms with Crippen LogP contribution in [0.15, 0.2) is 18.2 Å². The van der Waals surface area contributed by atoms with E-state index in [0.717, 1.165) is 26.2 Å². The second-order valence-electron chi connectivity index (χ2n) is 5.32. The lowest BCUT2D eigenvalue weighted by Crippen LogP contribution is -2.43. The van der Waals surface area contributed by atoms with E-state index >= 15 is 0 Å². The Kier molecular flexibility index (Phi) is 4.57. The molecule has 3 rings (SSSR count). The number of rotatable bonds is 4. The van der Waals surface area contributed by atoms with E-state index in [1.165, 1.54) is 6.07 Å². The van der Waals surface area contributed by atoms with Crippen molar-refractivity contribution >= 4 is 5.69 Å². The monoisotopic (exact) mass is 296 g/mol. The van der Waals surface area contributed by atoms with Crippen LogP contribution in [0.2, 0.25) is 0 Å². The lowest BCUT2D eigenvalue weighted by Gasteiger charge is -2.30. The topological polar surface area (TPSA) is 43.0 Å². The molecule has 5 nitrogen and oxygen atoms in total. The molecule has 0 bridgehead atoms. The molecule has 2 saturated heterocycles. The van der Waals surface area contributed by atoms with Crippen LogP contribution in [-0.4, -0.2) is 58.7 Å². The molecule has 0 saturated carbocycles. The van der Waals surface area contributed by atoms with Crippen molar-refractivity contribution in [3.05, 3.63) is 24.0 Å². The van der Waals surface area contributed by atoms with Crippen LogP contribution in [0.5, 0.6) is 5.75 Å². The van der Waals surface area contributed by atoms with Gasteiger partial charge in [-0.05, 0) is 12.1 Å². The van der Waals surface area contributed by atoms with Crippen LogP contribution in [0.25, 0.3) is 0 Å². The van der Waals surface area contributed by atoms with Crippen molar-refractivity contribution in [2.75, 3.05) is 51.4 Å². The highest BCUT2D eigenvalue weighted by Crippen LogP contribution is 2.26. The number of hydrogen-bond donors (Lipinski definition) is 1. The third-order valence-electron chi connectivity index (χ3n) is 3.95. The Bertz CT molecular complexity index is 480. The van der Waals surface area contributed by atoms with Gasteiger partial charge < -0.3 is 24.4 Å². The normalized spacial score (nSPS) is 26.1. The van der Waals surface area contributed by atoms with Gasteiger partial charge >= 0.3 is 0 Å². The molecular formula is C15H21FN2O3. The second kappa shape index (κ2) is 6.60. The van der Waals surface area contributed by atoms with Crippen molar-refractivity contribution in [2.45, 2.75) is 12.2 Å². The highest BCUT2D eigenvalue weighted by atomic mass is 19.1. The predicted molar refractivity (Wildman–Crippen MR) is 77.5 cm³/mol. The fourth-order valence-corrected chi connectivity index (χ4v) is 2.74. The zero-order chi connectivity index (χ0) is 14.7. The highest BCUT2D eigenvalue weighted by Gasteiger charge is 2.30. The summed E-state index contributed by atoms with van der Waals surface area (Å²) < 4.78 is 30.7. The minimum atomic E-state index is -0.248. The van der Waals surface area contributed by atoms with Crippen LogP contribution < -0.4 is 15.0 Å². The molecule has 116 valence electrons. The Morgan fingerprint density at radius 2 is 2.00 bits per heavy atom. The second-order valence-corrected chi connectivity index (χ2v) is 5.32. The number of methoxy groups -OCH3 is 1. The van der Waals surface area contributed by atoms with Gasteiger partial charge in [0.05, 0.1) is 18.9 Å². The molecule has 2 heterocycles. The number of ether oxygens (including phenoxy) is 3. The maximum atomic E-state index is 14.3. The number of halogens is 1. The number of anilines is 1. The summed E-state index contributed by atoms with van der Waals surface area (Å²) >= 11 is 0. The fraction of sp³-hybridized carbons (Fsp3) is 0.600. The van der Waals surface area contributed by atoms with E-state index in [1.807, 2.05) is 11.0 Å². The smallest absolute Gasteiger partial charge is 0.150 e. The summed E-state index contributed by atoms with van der Waals surface area (Å²) in [6.07, 6.45) is -0.277. The number of benzene rings is 1. The van der Waals surface area contributed by atoms with Crippen molar-refractivity contribution in [3.8, 4) is 5.75 Å². The molecule has 6 heteroatoms. The fourth-order valence-electron chi connectivity index (χ4n) is 2.74. The molecule has 0 amide bonds. The number of nitrogens with one attached hydrogen (secondary N) is 1. The largest absolute Gasteiger partial charge is 0.485 e. The molecule has 21 heavy (non-hydrogen) atoms. The lowest BCUT2D eigenvalue weighted by molar-refractivity contribution is 0.0325. The molecule has 1 N–H and O–H groups in total. The Balaban J connectivity index is 1.68. The van der Waals surface area contributed by atoms with Crippen LogP contribution in [0.4, 0.5) is 10.1 Å². The third-order valence-corrected chi connectivity index (χ3v) is 3.95. The maximum absolute atomic E-state index is 14.3. The van der Waals surface area contributed by atoms with E-state index < -0.39 is 0 Å². The van der Waals surface area contributed by atoms with Gasteiger partial charge in [-0.25, -0.2) is 4.39 Å². The van der Waals surface area contributed by atoms with Crippen molar-refractivity contribution in [2.24, 2.45) is 0 Å². The maximum Gasteiger partial charge on any atom is 0.150 e. The van der Waals surface area contributed by atoms with Crippen molar-refractivity contribution in [1.82, 2.24) is 5.32 Å². The van der Waals surface area contributed by atoms with E-state index in [0.29, 0.717) is 24.7 Å². The van der Waals surface area contributed by atoms with Gasteiger partial charge in [-0.15, -0.1) is 0 Å².